The normalized spacial score (nSPS) is 24.4. The zero-order valence-corrected chi connectivity index (χ0v) is 10.5. The van der Waals surface area contributed by atoms with Gasteiger partial charge in [0.25, 0.3) is 5.92 Å². The van der Waals surface area contributed by atoms with Gasteiger partial charge in [0.1, 0.15) is 0 Å². The second-order valence-corrected chi connectivity index (χ2v) is 5.59. The molecule has 3 rings (SSSR count). The van der Waals surface area contributed by atoms with Gasteiger partial charge in [-0.3, -0.25) is 0 Å². The summed E-state index contributed by atoms with van der Waals surface area (Å²) in [6.45, 7) is 1.09. The summed E-state index contributed by atoms with van der Waals surface area (Å²) in [6.07, 6.45) is 4.71. The van der Waals surface area contributed by atoms with Gasteiger partial charge < -0.3 is 5.32 Å². The van der Waals surface area contributed by atoms with Crippen molar-refractivity contribution in [3.05, 3.63) is 35.4 Å². The molecule has 0 radical (unpaired) electrons. The molecule has 0 amide bonds. The van der Waals surface area contributed by atoms with Gasteiger partial charge in [0.15, 0.2) is 0 Å². The van der Waals surface area contributed by atoms with Crippen LogP contribution in [0.1, 0.15) is 36.8 Å². The topological polar surface area (TPSA) is 12.0 Å². The van der Waals surface area contributed by atoms with Crippen LogP contribution in [0.4, 0.5) is 8.78 Å². The summed E-state index contributed by atoms with van der Waals surface area (Å²) in [5, 5.41) is 3.43. The molecule has 1 aliphatic carbocycles. The van der Waals surface area contributed by atoms with Gasteiger partial charge in [-0.1, -0.05) is 24.3 Å². The standard InChI is InChI=1S/C15H19F2N/c16-15(17,13-7-8-13)12-5-3-11(4-6-12)10-14-2-1-9-18-14/h3-6,13-14,18H,1-2,7-10H2. The molecule has 1 unspecified atom stereocenters. The van der Waals surface area contributed by atoms with E-state index in [1.54, 1.807) is 12.1 Å². The minimum Gasteiger partial charge on any atom is -0.314 e. The predicted molar refractivity (Wildman–Crippen MR) is 67.8 cm³/mol. The highest BCUT2D eigenvalue weighted by molar-refractivity contribution is 5.28. The van der Waals surface area contributed by atoms with Crippen molar-refractivity contribution in [2.75, 3.05) is 6.54 Å². The van der Waals surface area contributed by atoms with Crippen LogP contribution < -0.4 is 5.32 Å². The third-order valence-electron chi connectivity index (χ3n) is 4.07. The first-order valence-electron chi connectivity index (χ1n) is 6.87. The summed E-state index contributed by atoms with van der Waals surface area (Å²) in [6, 6.07) is 7.49. The zero-order chi connectivity index (χ0) is 12.6. The first-order chi connectivity index (χ1) is 8.66. The number of halogens is 2. The van der Waals surface area contributed by atoms with E-state index in [9.17, 15) is 8.78 Å². The van der Waals surface area contributed by atoms with Crippen LogP contribution in [0.3, 0.4) is 0 Å². The fourth-order valence-corrected chi connectivity index (χ4v) is 2.76. The lowest BCUT2D eigenvalue weighted by Crippen LogP contribution is -2.23. The molecule has 18 heavy (non-hydrogen) atoms. The van der Waals surface area contributed by atoms with Gasteiger partial charge in [-0.05, 0) is 44.2 Å². The lowest BCUT2D eigenvalue weighted by atomic mass is 9.99. The van der Waals surface area contributed by atoms with Crippen molar-refractivity contribution in [1.82, 2.24) is 5.32 Å². The van der Waals surface area contributed by atoms with Crippen LogP contribution in [0.15, 0.2) is 24.3 Å². The summed E-state index contributed by atoms with van der Waals surface area (Å²) in [4.78, 5) is 0. The minimum atomic E-state index is -2.62. The molecular weight excluding hydrogens is 232 g/mol. The van der Waals surface area contributed by atoms with E-state index in [0.717, 1.165) is 18.5 Å². The van der Waals surface area contributed by atoms with Crippen LogP contribution in [-0.2, 0) is 12.3 Å². The molecule has 0 aromatic heterocycles. The number of alkyl halides is 2. The van der Waals surface area contributed by atoms with Crippen LogP contribution in [0, 0.1) is 5.92 Å². The van der Waals surface area contributed by atoms with Crippen molar-refractivity contribution in [2.45, 2.75) is 44.1 Å². The molecule has 1 aliphatic heterocycles. The molecule has 1 atom stereocenters. The summed E-state index contributed by atoms with van der Waals surface area (Å²) < 4.78 is 27.7. The number of rotatable bonds is 4. The molecule has 1 aromatic carbocycles. The summed E-state index contributed by atoms with van der Waals surface area (Å²) >= 11 is 0. The van der Waals surface area contributed by atoms with Crippen LogP contribution in [-0.4, -0.2) is 12.6 Å². The maximum absolute atomic E-state index is 13.9. The Morgan fingerprint density at radius 2 is 1.83 bits per heavy atom. The first-order valence-corrected chi connectivity index (χ1v) is 6.87. The molecule has 0 bridgehead atoms. The van der Waals surface area contributed by atoms with E-state index in [1.165, 1.54) is 12.8 Å². The molecule has 1 N–H and O–H groups in total. The molecule has 1 aromatic rings. The van der Waals surface area contributed by atoms with Gasteiger partial charge in [0.2, 0.25) is 0 Å². The molecular formula is C15H19F2N. The van der Waals surface area contributed by atoms with Gasteiger partial charge in [-0.2, -0.15) is 0 Å². The molecule has 2 fully saturated rings. The van der Waals surface area contributed by atoms with Crippen molar-refractivity contribution in [3.63, 3.8) is 0 Å². The third-order valence-corrected chi connectivity index (χ3v) is 4.07. The lowest BCUT2D eigenvalue weighted by molar-refractivity contribution is -0.0285. The highest BCUT2D eigenvalue weighted by atomic mass is 19.3. The van der Waals surface area contributed by atoms with Crippen LogP contribution >= 0.6 is 0 Å². The average molecular weight is 251 g/mol. The van der Waals surface area contributed by atoms with E-state index in [1.807, 2.05) is 12.1 Å². The molecule has 3 heteroatoms. The second-order valence-electron chi connectivity index (χ2n) is 5.59. The number of hydrogen-bond donors (Lipinski definition) is 1. The van der Waals surface area contributed by atoms with E-state index in [4.69, 9.17) is 0 Å². The van der Waals surface area contributed by atoms with Gasteiger partial charge in [0, 0.05) is 17.5 Å². The van der Waals surface area contributed by atoms with Crippen molar-refractivity contribution in [3.8, 4) is 0 Å². The van der Waals surface area contributed by atoms with Gasteiger partial charge in [-0.15, -0.1) is 0 Å². The zero-order valence-electron chi connectivity index (χ0n) is 10.5. The summed E-state index contributed by atoms with van der Waals surface area (Å²) in [7, 11) is 0. The maximum atomic E-state index is 13.9. The molecule has 2 aliphatic rings. The van der Waals surface area contributed by atoms with Crippen molar-refractivity contribution in [2.24, 2.45) is 5.92 Å². The van der Waals surface area contributed by atoms with Crippen molar-refractivity contribution in [1.29, 1.82) is 0 Å². The van der Waals surface area contributed by atoms with Crippen LogP contribution in [0.2, 0.25) is 0 Å². The Morgan fingerprint density at radius 1 is 1.11 bits per heavy atom. The Labute approximate surface area is 107 Å². The van der Waals surface area contributed by atoms with Crippen LogP contribution in [0.25, 0.3) is 0 Å². The van der Waals surface area contributed by atoms with E-state index < -0.39 is 11.8 Å². The van der Waals surface area contributed by atoms with Crippen molar-refractivity contribution < 1.29 is 8.78 Å². The van der Waals surface area contributed by atoms with Gasteiger partial charge in [-0.25, -0.2) is 8.78 Å². The first kappa shape index (κ1) is 12.1. The monoisotopic (exact) mass is 251 g/mol. The highest BCUT2D eigenvalue weighted by Gasteiger charge is 2.47. The fraction of sp³-hybridized carbons (Fsp3) is 0.600. The molecule has 98 valence electrons. The van der Waals surface area contributed by atoms with Gasteiger partial charge in [0.05, 0.1) is 0 Å². The highest BCUT2D eigenvalue weighted by Crippen LogP contribution is 2.49. The Hall–Kier alpha value is -0.960. The predicted octanol–water partition coefficient (Wildman–Crippen LogP) is 3.48. The second kappa shape index (κ2) is 4.61. The Balaban J connectivity index is 1.68. The largest absolute Gasteiger partial charge is 0.314 e. The summed E-state index contributed by atoms with van der Waals surface area (Å²) in [5.41, 5.74) is 1.35. The Morgan fingerprint density at radius 3 is 2.39 bits per heavy atom. The lowest BCUT2D eigenvalue weighted by Gasteiger charge is -2.17. The van der Waals surface area contributed by atoms with Crippen LogP contribution in [0.5, 0.6) is 0 Å². The SMILES string of the molecule is FC(F)(c1ccc(CC2CCCN2)cc1)C1CC1. The minimum absolute atomic E-state index is 0.188. The molecule has 0 spiro atoms. The third kappa shape index (κ3) is 2.41. The number of nitrogens with one attached hydrogen (secondary N) is 1. The molecule has 1 heterocycles. The smallest absolute Gasteiger partial charge is 0.276 e. The maximum Gasteiger partial charge on any atom is 0.276 e. The summed E-state index contributed by atoms with van der Waals surface area (Å²) in [5.74, 6) is -3.04. The number of benzene rings is 1. The molecule has 1 saturated heterocycles. The van der Waals surface area contributed by atoms with E-state index in [-0.39, 0.29) is 5.56 Å². The number of hydrogen-bond acceptors (Lipinski definition) is 1. The van der Waals surface area contributed by atoms with E-state index >= 15 is 0 Å². The van der Waals surface area contributed by atoms with E-state index in [0.29, 0.717) is 18.9 Å². The Kier molecular flexibility index (Phi) is 3.10. The fourth-order valence-electron chi connectivity index (χ4n) is 2.76. The van der Waals surface area contributed by atoms with Crippen molar-refractivity contribution >= 4 is 0 Å². The molecule has 1 nitrogen and oxygen atoms in total. The van der Waals surface area contributed by atoms with Gasteiger partial charge >= 0.3 is 0 Å². The Bertz CT molecular complexity index is 403. The van der Waals surface area contributed by atoms with E-state index in [2.05, 4.69) is 5.32 Å². The molecule has 1 saturated carbocycles. The quantitative estimate of drug-likeness (QED) is 0.863. The average Bonchev–Trinajstić information content (AvgIpc) is 3.11.